The van der Waals surface area contributed by atoms with Crippen molar-refractivity contribution >= 4 is 28.5 Å². The number of fused-ring (bicyclic) bond motifs is 1. The zero-order valence-electron chi connectivity index (χ0n) is 18.1. The predicted octanol–water partition coefficient (Wildman–Crippen LogP) is 4.40. The molecule has 0 radical (unpaired) electrons. The minimum Gasteiger partial charge on any atom is -0.466 e. The van der Waals surface area contributed by atoms with Crippen LogP contribution in [-0.2, 0) is 27.2 Å². The summed E-state index contributed by atoms with van der Waals surface area (Å²) in [5.74, 6) is 0.833. The Kier molecular flexibility index (Phi) is 6.20. The van der Waals surface area contributed by atoms with Crippen LogP contribution in [0.25, 0.3) is 11.2 Å². The van der Waals surface area contributed by atoms with Crippen molar-refractivity contribution < 1.29 is 14.3 Å². The normalized spacial score (nSPS) is 19.3. The summed E-state index contributed by atoms with van der Waals surface area (Å²) in [5, 5.41) is 0. The van der Waals surface area contributed by atoms with Gasteiger partial charge < -0.3 is 14.0 Å². The number of esters is 1. The molecule has 0 aromatic carbocycles. The van der Waals surface area contributed by atoms with Crippen molar-refractivity contribution in [3.8, 4) is 0 Å². The number of imidazole rings is 1. The van der Waals surface area contributed by atoms with Gasteiger partial charge in [0, 0.05) is 34.4 Å². The quantitative estimate of drug-likeness (QED) is 0.546. The molecular weight excluding hydrogens is 398 g/mol. The molecule has 2 atom stereocenters. The number of carbonyl (C=O) groups excluding carboxylic acids is 1. The van der Waals surface area contributed by atoms with E-state index in [1.54, 1.807) is 11.3 Å². The zero-order chi connectivity index (χ0) is 21.3. The van der Waals surface area contributed by atoms with Crippen LogP contribution in [0, 0.1) is 19.8 Å². The van der Waals surface area contributed by atoms with Crippen LogP contribution in [0.1, 0.15) is 53.0 Å². The molecule has 4 rings (SSSR count). The maximum atomic E-state index is 12.4. The van der Waals surface area contributed by atoms with Gasteiger partial charge in [0.15, 0.2) is 5.65 Å². The highest BCUT2D eigenvalue weighted by molar-refractivity contribution is 7.12. The van der Waals surface area contributed by atoms with Crippen LogP contribution in [0.2, 0.25) is 0 Å². The summed E-state index contributed by atoms with van der Waals surface area (Å²) in [6.07, 6.45) is 1.70. The van der Waals surface area contributed by atoms with Gasteiger partial charge in [-0.2, -0.15) is 0 Å². The first-order chi connectivity index (χ1) is 14.5. The van der Waals surface area contributed by atoms with Crippen molar-refractivity contribution in [3.05, 3.63) is 45.0 Å². The summed E-state index contributed by atoms with van der Waals surface area (Å²) in [5.41, 5.74) is 4.11. The molecule has 0 N–H and O–H groups in total. The van der Waals surface area contributed by atoms with Gasteiger partial charge >= 0.3 is 5.97 Å². The van der Waals surface area contributed by atoms with Gasteiger partial charge in [-0.25, -0.2) is 9.97 Å². The van der Waals surface area contributed by atoms with Crippen molar-refractivity contribution in [2.75, 3.05) is 19.8 Å². The SMILES string of the molecule is CCOC(=O)C1COCCC1c1ccc(Cn2c(CC)nc3c(C)cc(C)nc32)s1. The molecule has 0 spiro atoms. The van der Waals surface area contributed by atoms with Gasteiger partial charge in [0.1, 0.15) is 11.3 Å². The molecule has 0 bridgehead atoms. The van der Waals surface area contributed by atoms with Gasteiger partial charge in [0.2, 0.25) is 0 Å². The van der Waals surface area contributed by atoms with Crippen molar-refractivity contribution in [2.24, 2.45) is 5.92 Å². The maximum absolute atomic E-state index is 12.4. The highest BCUT2D eigenvalue weighted by atomic mass is 32.1. The summed E-state index contributed by atoms with van der Waals surface area (Å²) in [6, 6.07) is 6.42. The average molecular weight is 428 g/mol. The Balaban J connectivity index is 1.63. The number of thiophene rings is 1. The molecule has 2 unspecified atom stereocenters. The second-order valence-corrected chi connectivity index (χ2v) is 9.05. The van der Waals surface area contributed by atoms with Crippen LogP contribution < -0.4 is 0 Å². The van der Waals surface area contributed by atoms with Crippen molar-refractivity contribution in [2.45, 2.75) is 53.0 Å². The number of hydrogen-bond donors (Lipinski definition) is 0. The van der Waals surface area contributed by atoms with Crippen molar-refractivity contribution in [1.29, 1.82) is 0 Å². The topological polar surface area (TPSA) is 66.2 Å². The minimum atomic E-state index is -0.225. The molecular formula is C23H29N3O3S. The number of hydrogen-bond acceptors (Lipinski definition) is 6. The molecule has 30 heavy (non-hydrogen) atoms. The first-order valence-corrected chi connectivity index (χ1v) is 11.5. The molecule has 0 amide bonds. The number of pyridine rings is 1. The maximum Gasteiger partial charge on any atom is 0.311 e. The summed E-state index contributed by atoms with van der Waals surface area (Å²) in [6.45, 7) is 10.4. The Hall–Kier alpha value is -2.25. The van der Waals surface area contributed by atoms with Gasteiger partial charge in [0.05, 0.1) is 25.7 Å². The summed E-state index contributed by atoms with van der Waals surface area (Å²) < 4.78 is 13.1. The fraction of sp³-hybridized carbons (Fsp3) is 0.522. The van der Waals surface area contributed by atoms with E-state index in [0.717, 1.165) is 47.6 Å². The number of carbonyl (C=O) groups is 1. The molecule has 7 heteroatoms. The molecule has 1 saturated heterocycles. The van der Waals surface area contributed by atoms with Crippen LogP contribution in [0.3, 0.4) is 0 Å². The molecule has 0 saturated carbocycles. The predicted molar refractivity (Wildman–Crippen MR) is 118 cm³/mol. The van der Waals surface area contributed by atoms with E-state index < -0.39 is 0 Å². The standard InChI is InChI=1S/C23H29N3O3S/c1-5-20-25-21-14(3)11-15(4)24-22(21)26(20)12-16-7-8-19(30-16)17-9-10-28-13-18(17)23(27)29-6-2/h7-8,11,17-18H,5-6,9-10,12-13H2,1-4H3. The second kappa shape index (κ2) is 8.86. The smallest absolute Gasteiger partial charge is 0.311 e. The molecule has 6 nitrogen and oxygen atoms in total. The summed E-state index contributed by atoms with van der Waals surface area (Å²) in [4.78, 5) is 24.5. The fourth-order valence-corrected chi connectivity index (χ4v) is 5.48. The Bertz CT molecular complexity index is 1060. The third kappa shape index (κ3) is 4.01. The average Bonchev–Trinajstić information content (AvgIpc) is 3.34. The van der Waals surface area contributed by atoms with Crippen molar-refractivity contribution in [3.63, 3.8) is 0 Å². The molecule has 1 aliphatic rings. The number of rotatable bonds is 6. The Morgan fingerprint density at radius 2 is 2.13 bits per heavy atom. The third-order valence-corrected chi connectivity index (χ3v) is 6.93. The molecule has 0 aliphatic carbocycles. The number of aryl methyl sites for hydroxylation is 3. The highest BCUT2D eigenvalue weighted by Gasteiger charge is 2.34. The summed E-state index contributed by atoms with van der Waals surface area (Å²) >= 11 is 1.77. The van der Waals surface area contributed by atoms with Crippen LogP contribution in [0.5, 0.6) is 0 Å². The van der Waals surface area contributed by atoms with E-state index in [2.05, 4.69) is 36.6 Å². The van der Waals surface area contributed by atoms with Gasteiger partial charge in [0.25, 0.3) is 0 Å². The van der Waals surface area contributed by atoms with E-state index in [1.165, 1.54) is 9.75 Å². The van der Waals surface area contributed by atoms with E-state index in [-0.39, 0.29) is 17.8 Å². The second-order valence-electron chi connectivity index (χ2n) is 7.85. The van der Waals surface area contributed by atoms with Crippen molar-refractivity contribution in [1.82, 2.24) is 14.5 Å². The Morgan fingerprint density at radius 1 is 1.30 bits per heavy atom. The lowest BCUT2D eigenvalue weighted by molar-refractivity contribution is -0.153. The lowest BCUT2D eigenvalue weighted by atomic mass is 9.87. The Morgan fingerprint density at radius 3 is 2.90 bits per heavy atom. The molecule has 160 valence electrons. The van der Waals surface area contributed by atoms with Gasteiger partial charge in [-0.05, 0) is 51.0 Å². The van der Waals surface area contributed by atoms with E-state index in [1.807, 2.05) is 13.8 Å². The number of nitrogens with zero attached hydrogens (tertiary/aromatic N) is 3. The van der Waals surface area contributed by atoms with Crippen LogP contribution in [0.4, 0.5) is 0 Å². The summed E-state index contributed by atoms with van der Waals surface area (Å²) in [7, 11) is 0. The fourth-order valence-electron chi connectivity index (χ4n) is 4.28. The van der Waals surface area contributed by atoms with Gasteiger partial charge in [-0.15, -0.1) is 11.3 Å². The van der Waals surface area contributed by atoms with Crippen LogP contribution in [0.15, 0.2) is 18.2 Å². The first kappa shape index (κ1) is 21.0. The van der Waals surface area contributed by atoms with Crippen LogP contribution >= 0.6 is 11.3 Å². The third-order valence-electron chi connectivity index (χ3n) is 5.72. The molecule has 1 aliphatic heterocycles. The minimum absolute atomic E-state index is 0.152. The van der Waals surface area contributed by atoms with Crippen LogP contribution in [-0.4, -0.2) is 40.3 Å². The molecule has 4 heterocycles. The van der Waals surface area contributed by atoms with E-state index in [4.69, 9.17) is 19.4 Å². The number of aromatic nitrogens is 3. The van der Waals surface area contributed by atoms with E-state index in [9.17, 15) is 4.79 Å². The largest absolute Gasteiger partial charge is 0.466 e. The van der Waals surface area contributed by atoms with E-state index >= 15 is 0 Å². The first-order valence-electron chi connectivity index (χ1n) is 10.7. The monoisotopic (exact) mass is 427 g/mol. The van der Waals surface area contributed by atoms with Gasteiger partial charge in [-0.3, -0.25) is 4.79 Å². The van der Waals surface area contributed by atoms with E-state index in [0.29, 0.717) is 19.8 Å². The lowest BCUT2D eigenvalue weighted by Gasteiger charge is -2.29. The Labute approximate surface area is 181 Å². The molecule has 3 aromatic rings. The van der Waals surface area contributed by atoms with Gasteiger partial charge in [-0.1, -0.05) is 6.92 Å². The molecule has 3 aromatic heterocycles. The lowest BCUT2D eigenvalue weighted by Crippen LogP contribution is -2.33. The zero-order valence-corrected chi connectivity index (χ0v) is 18.9. The molecule has 1 fully saturated rings. The highest BCUT2D eigenvalue weighted by Crippen LogP contribution is 2.37. The number of ether oxygens (including phenoxy) is 2.